The highest BCUT2D eigenvalue weighted by Crippen LogP contribution is 2.15. The molecule has 0 aliphatic heterocycles. The molecule has 0 unspecified atom stereocenters. The molecular weight excluding hydrogens is 560 g/mol. The summed E-state index contributed by atoms with van der Waals surface area (Å²) in [7, 11) is 0. The summed E-state index contributed by atoms with van der Waals surface area (Å²) in [6.07, 6.45) is 0.240. The highest BCUT2D eigenvalue weighted by Gasteiger charge is 2.33. The van der Waals surface area contributed by atoms with Gasteiger partial charge in [0.1, 0.15) is 12.6 Å². The molecule has 0 aromatic heterocycles. The fraction of sp³-hybridized carbons (Fsp3) is 0.515. The Morgan fingerprint density at radius 3 is 2.09 bits per heavy atom. The van der Waals surface area contributed by atoms with E-state index in [4.69, 9.17) is 16.2 Å². The van der Waals surface area contributed by atoms with Crippen LogP contribution in [0.1, 0.15) is 58.1 Å². The lowest BCUT2D eigenvalue weighted by Crippen LogP contribution is -2.58. The standard InChI is InChI=1S/C33H50N6O5/c1-22(2)29(27(40)20-28(41)36-19-17-24-12-7-5-8-13-24)39-30(23(3)4)31(42)38-26(16-11-18-37-33(34)35)32(43)44-21-25-14-9-6-10-15-25/h5-10,12-15,22-23,26-27,29-30,39-40H,11,16-21H2,1-4H3,(H,36,41)(H,38,42)(H4,34,35,37)/t26-,27-,29-,30-/m0/s1. The number of hydrogen-bond donors (Lipinski definition) is 6. The zero-order valence-corrected chi connectivity index (χ0v) is 26.4. The minimum absolute atomic E-state index is 0.0514. The molecule has 2 aromatic carbocycles. The van der Waals surface area contributed by atoms with Crippen molar-refractivity contribution >= 4 is 23.7 Å². The van der Waals surface area contributed by atoms with Gasteiger partial charge in [0.15, 0.2) is 5.96 Å². The number of amides is 2. The molecule has 0 fully saturated rings. The lowest BCUT2D eigenvalue weighted by molar-refractivity contribution is -0.149. The van der Waals surface area contributed by atoms with E-state index in [-0.39, 0.29) is 43.2 Å². The molecule has 0 saturated heterocycles. The van der Waals surface area contributed by atoms with Gasteiger partial charge in [-0.25, -0.2) is 4.79 Å². The van der Waals surface area contributed by atoms with Crippen LogP contribution >= 0.6 is 0 Å². The number of aliphatic imine (C=N–C) groups is 1. The number of nitrogens with zero attached hydrogens (tertiary/aromatic N) is 1. The SMILES string of the molecule is CC(C)[C@H](N[C@@H](C(C)C)[C@@H](O)CC(=O)NCCc1ccccc1)C(=O)N[C@@H](CCCN=C(N)N)C(=O)OCc1ccccc1. The van der Waals surface area contributed by atoms with Crippen LogP contribution in [0.15, 0.2) is 65.7 Å². The van der Waals surface area contributed by atoms with Gasteiger partial charge >= 0.3 is 5.97 Å². The maximum absolute atomic E-state index is 13.6. The Labute approximate surface area is 261 Å². The van der Waals surface area contributed by atoms with Crippen molar-refractivity contribution in [2.45, 2.75) is 84.2 Å². The van der Waals surface area contributed by atoms with Gasteiger partial charge in [-0.2, -0.15) is 0 Å². The van der Waals surface area contributed by atoms with E-state index in [0.29, 0.717) is 25.9 Å². The molecule has 4 atom stereocenters. The second kappa shape index (κ2) is 19.3. The van der Waals surface area contributed by atoms with E-state index in [1.165, 1.54) is 0 Å². The van der Waals surface area contributed by atoms with Crippen LogP contribution < -0.4 is 27.4 Å². The van der Waals surface area contributed by atoms with Crippen molar-refractivity contribution in [3.63, 3.8) is 0 Å². The van der Waals surface area contributed by atoms with Crippen LogP contribution in [-0.2, 0) is 32.1 Å². The first-order valence-electron chi connectivity index (χ1n) is 15.3. The molecule has 11 heteroatoms. The zero-order valence-electron chi connectivity index (χ0n) is 26.4. The molecule has 11 nitrogen and oxygen atoms in total. The number of carbonyl (C=O) groups excluding carboxylic acids is 3. The molecule has 0 saturated carbocycles. The molecule has 0 aliphatic rings. The Bertz CT molecular complexity index is 1170. The smallest absolute Gasteiger partial charge is 0.328 e. The van der Waals surface area contributed by atoms with Crippen LogP contribution in [-0.4, -0.2) is 66.2 Å². The largest absolute Gasteiger partial charge is 0.459 e. The number of guanidine groups is 1. The summed E-state index contributed by atoms with van der Waals surface area (Å²) >= 11 is 0. The average Bonchev–Trinajstić information content (AvgIpc) is 2.98. The minimum atomic E-state index is -1.04. The number of ether oxygens (including phenoxy) is 1. The Morgan fingerprint density at radius 1 is 0.909 bits per heavy atom. The van der Waals surface area contributed by atoms with Gasteiger partial charge in [-0.1, -0.05) is 88.4 Å². The van der Waals surface area contributed by atoms with Crippen molar-refractivity contribution in [2.75, 3.05) is 13.1 Å². The quantitative estimate of drug-likeness (QED) is 0.0605. The third-order valence-electron chi connectivity index (χ3n) is 7.20. The summed E-state index contributed by atoms with van der Waals surface area (Å²) in [5.41, 5.74) is 12.8. The van der Waals surface area contributed by atoms with Crippen molar-refractivity contribution in [3.05, 3.63) is 71.8 Å². The number of aliphatic hydroxyl groups is 1. The number of rotatable bonds is 19. The number of nitrogens with two attached hydrogens (primary N) is 2. The van der Waals surface area contributed by atoms with Crippen LogP contribution in [0.25, 0.3) is 0 Å². The number of hydrogen-bond acceptors (Lipinski definition) is 7. The van der Waals surface area contributed by atoms with E-state index in [0.717, 1.165) is 11.1 Å². The summed E-state index contributed by atoms with van der Waals surface area (Å²) in [6.45, 7) is 8.39. The Balaban J connectivity index is 2.04. The van der Waals surface area contributed by atoms with Gasteiger partial charge in [0, 0.05) is 19.1 Å². The maximum Gasteiger partial charge on any atom is 0.328 e. The first-order chi connectivity index (χ1) is 21.0. The van der Waals surface area contributed by atoms with Gasteiger partial charge in [-0.3, -0.25) is 19.9 Å². The van der Waals surface area contributed by atoms with Crippen LogP contribution in [0.2, 0.25) is 0 Å². The molecule has 44 heavy (non-hydrogen) atoms. The number of carbonyl (C=O) groups is 3. The van der Waals surface area contributed by atoms with E-state index < -0.39 is 36.1 Å². The molecule has 0 bridgehead atoms. The maximum atomic E-state index is 13.6. The summed E-state index contributed by atoms with van der Waals surface area (Å²) < 4.78 is 5.53. The average molecular weight is 611 g/mol. The third-order valence-corrected chi connectivity index (χ3v) is 7.20. The van der Waals surface area contributed by atoms with Crippen LogP contribution in [0, 0.1) is 11.8 Å². The van der Waals surface area contributed by atoms with Crippen LogP contribution in [0.3, 0.4) is 0 Å². The first kappa shape index (κ1) is 36.2. The molecule has 0 radical (unpaired) electrons. The third kappa shape index (κ3) is 13.6. The van der Waals surface area contributed by atoms with Gasteiger partial charge in [0.25, 0.3) is 0 Å². The van der Waals surface area contributed by atoms with E-state index in [1.807, 2.05) is 88.4 Å². The molecule has 0 aliphatic carbocycles. The second-order valence-electron chi connectivity index (χ2n) is 11.6. The fourth-order valence-corrected chi connectivity index (χ4v) is 4.75. The van der Waals surface area contributed by atoms with Gasteiger partial charge in [-0.05, 0) is 42.2 Å². The molecule has 0 heterocycles. The van der Waals surface area contributed by atoms with Gasteiger partial charge in [-0.15, -0.1) is 0 Å². The first-order valence-corrected chi connectivity index (χ1v) is 15.3. The predicted octanol–water partition coefficient (Wildman–Crippen LogP) is 2.02. The molecule has 2 rings (SSSR count). The van der Waals surface area contributed by atoms with Crippen LogP contribution in [0.4, 0.5) is 0 Å². The molecule has 242 valence electrons. The van der Waals surface area contributed by atoms with Gasteiger partial charge in [0.05, 0.1) is 18.6 Å². The monoisotopic (exact) mass is 610 g/mol. The lowest BCUT2D eigenvalue weighted by atomic mass is 9.92. The highest BCUT2D eigenvalue weighted by atomic mass is 16.5. The highest BCUT2D eigenvalue weighted by molar-refractivity contribution is 5.87. The lowest BCUT2D eigenvalue weighted by Gasteiger charge is -2.33. The molecule has 8 N–H and O–H groups in total. The molecule has 2 aromatic rings. The van der Waals surface area contributed by atoms with Crippen LogP contribution in [0.5, 0.6) is 0 Å². The van der Waals surface area contributed by atoms with Gasteiger partial charge < -0.3 is 31.9 Å². The number of esters is 1. The number of aliphatic hydroxyl groups excluding tert-OH is 1. The molecule has 2 amide bonds. The van der Waals surface area contributed by atoms with Crippen molar-refractivity contribution in [1.29, 1.82) is 0 Å². The predicted molar refractivity (Wildman–Crippen MR) is 172 cm³/mol. The van der Waals surface area contributed by atoms with Gasteiger partial charge in [0.2, 0.25) is 11.8 Å². The number of nitrogens with one attached hydrogen (secondary N) is 3. The summed E-state index contributed by atoms with van der Waals surface area (Å²) in [5, 5.41) is 20.0. The summed E-state index contributed by atoms with van der Waals surface area (Å²) in [4.78, 5) is 43.3. The second-order valence-corrected chi connectivity index (χ2v) is 11.6. The Hall–Kier alpha value is -3.96. The summed E-state index contributed by atoms with van der Waals surface area (Å²) in [6, 6.07) is 16.9. The molecule has 0 spiro atoms. The van der Waals surface area contributed by atoms with E-state index in [9.17, 15) is 19.5 Å². The summed E-state index contributed by atoms with van der Waals surface area (Å²) in [5.74, 6) is -1.58. The van der Waals surface area contributed by atoms with E-state index in [1.54, 1.807) is 0 Å². The van der Waals surface area contributed by atoms with E-state index >= 15 is 0 Å². The topological polar surface area (TPSA) is 181 Å². The Morgan fingerprint density at radius 2 is 1.52 bits per heavy atom. The zero-order chi connectivity index (χ0) is 32.5. The van der Waals surface area contributed by atoms with Crippen molar-refractivity contribution < 1.29 is 24.2 Å². The minimum Gasteiger partial charge on any atom is -0.459 e. The van der Waals surface area contributed by atoms with Crippen molar-refractivity contribution in [1.82, 2.24) is 16.0 Å². The fourth-order valence-electron chi connectivity index (χ4n) is 4.75. The molecular formula is C33H50N6O5. The number of benzene rings is 2. The van der Waals surface area contributed by atoms with E-state index in [2.05, 4.69) is 20.9 Å². The van der Waals surface area contributed by atoms with Crippen molar-refractivity contribution in [2.24, 2.45) is 28.3 Å². The van der Waals surface area contributed by atoms with Crippen molar-refractivity contribution in [3.8, 4) is 0 Å². The Kier molecular flexibility index (Phi) is 15.9. The normalized spacial score (nSPS) is 13.9.